The van der Waals surface area contributed by atoms with E-state index < -0.39 is 6.10 Å². The van der Waals surface area contributed by atoms with Crippen molar-refractivity contribution >= 4 is 17.3 Å². The summed E-state index contributed by atoms with van der Waals surface area (Å²) in [4.78, 5) is 17.1. The summed E-state index contributed by atoms with van der Waals surface area (Å²) in [7, 11) is 0. The lowest BCUT2D eigenvalue weighted by atomic mass is 10.1. The first-order valence-corrected chi connectivity index (χ1v) is 8.90. The van der Waals surface area contributed by atoms with Crippen molar-refractivity contribution in [3.8, 4) is 0 Å². The van der Waals surface area contributed by atoms with Gasteiger partial charge in [-0.15, -0.1) is 0 Å². The molecule has 3 rings (SSSR count). The molecule has 6 nitrogen and oxygen atoms in total. The number of para-hydroxylation sites is 2. The average Bonchev–Trinajstić information content (AvgIpc) is 2.72. The second kappa shape index (κ2) is 8.69. The fourth-order valence-corrected chi connectivity index (χ4v) is 3.09. The Hall–Kier alpha value is -2.57. The number of carbonyl (C=O) groups excluding carboxylic acids is 1. The number of aliphatic hydroxyl groups is 2. The number of nitrogens with zero attached hydrogens (tertiary/aromatic N) is 2. The number of carbonyl (C=O) groups is 1. The first kappa shape index (κ1) is 18.2. The summed E-state index contributed by atoms with van der Waals surface area (Å²) in [6.07, 6.45) is -0.854. The number of anilines is 2. The molecule has 2 aromatic carbocycles. The quantitative estimate of drug-likeness (QED) is 0.731. The van der Waals surface area contributed by atoms with E-state index in [1.165, 1.54) is 5.69 Å². The summed E-state index contributed by atoms with van der Waals surface area (Å²) in [5, 5.41) is 21.5. The second-order valence-corrected chi connectivity index (χ2v) is 6.38. The van der Waals surface area contributed by atoms with Gasteiger partial charge < -0.3 is 25.3 Å². The van der Waals surface area contributed by atoms with E-state index in [1.807, 2.05) is 41.3 Å². The molecule has 0 aromatic heterocycles. The molecule has 0 aliphatic carbocycles. The zero-order chi connectivity index (χ0) is 18.4. The van der Waals surface area contributed by atoms with Crippen molar-refractivity contribution in [2.75, 3.05) is 49.5 Å². The van der Waals surface area contributed by atoms with Crippen molar-refractivity contribution < 1.29 is 15.0 Å². The highest BCUT2D eigenvalue weighted by Gasteiger charge is 2.23. The van der Waals surface area contributed by atoms with Crippen LogP contribution in [0, 0.1) is 0 Å². The van der Waals surface area contributed by atoms with Gasteiger partial charge in [0.25, 0.3) is 5.91 Å². The number of amides is 1. The molecule has 0 bridgehead atoms. The third-order valence-electron chi connectivity index (χ3n) is 4.58. The Balaban J connectivity index is 1.63. The normalized spacial score (nSPS) is 15.6. The van der Waals surface area contributed by atoms with Crippen LogP contribution in [-0.2, 0) is 0 Å². The topological polar surface area (TPSA) is 76.0 Å². The van der Waals surface area contributed by atoms with Gasteiger partial charge in [0.05, 0.1) is 18.3 Å². The van der Waals surface area contributed by atoms with Gasteiger partial charge in [0.2, 0.25) is 0 Å². The molecule has 0 radical (unpaired) electrons. The van der Waals surface area contributed by atoms with Crippen LogP contribution in [-0.4, -0.2) is 66.5 Å². The third kappa shape index (κ3) is 4.33. The monoisotopic (exact) mass is 355 g/mol. The van der Waals surface area contributed by atoms with E-state index in [4.69, 9.17) is 5.11 Å². The Bertz CT molecular complexity index is 715. The Morgan fingerprint density at radius 3 is 2.35 bits per heavy atom. The zero-order valence-electron chi connectivity index (χ0n) is 14.7. The number of piperazine rings is 1. The van der Waals surface area contributed by atoms with Gasteiger partial charge in [-0.2, -0.15) is 0 Å². The molecule has 1 atom stereocenters. The molecule has 0 spiro atoms. The molecular formula is C20H25N3O3. The van der Waals surface area contributed by atoms with E-state index >= 15 is 0 Å². The molecule has 1 fully saturated rings. The fraction of sp³-hybridized carbons (Fsp3) is 0.350. The maximum Gasteiger partial charge on any atom is 0.256 e. The van der Waals surface area contributed by atoms with Crippen molar-refractivity contribution in [2.24, 2.45) is 0 Å². The molecule has 1 heterocycles. The minimum absolute atomic E-state index is 0.0145. The molecular weight excluding hydrogens is 330 g/mol. The van der Waals surface area contributed by atoms with Gasteiger partial charge in [0, 0.05) is 44.1 Å². The lowest BCUT2D eigenvalue weighted by molar-refractivity contribution is 0.0747. The van der Waals surface area contributed by atoms with Crippen molar-refractivity contribution in [3.63, 3.8) is 0 Å². The Morgan fingerprint density at radius 2 is 1.65 bits per heavy atom. The van der Waals surface area contributed by atoms with Crippen LogP contribution < -0.4 is 10.2 Å². The van der Waals surface area contributed by atoms with Crippen LogP contribution in [0.25, 0.3) is 0 Å². The van der Waals surface area contributed by atoms with Gasteiger partial charge in [-0.3, -0.25) is 4.79 Å². The van der Waals surface area contributed by atoms with Crippen LogP contribution in [0.3, 0.4) is 0 Å². The lowest BCUT2D eigenvalue weighted by Gasteiger charge is -2.36. The average molecular weight is 355 g/mol. The summed E-state index contributed by atoms with van der Waals surface area (Å²) in [6, 6.07) is 17.5. The zero-order valence-corrected chi connectivity index (χ0v) is 14.7. The molecule has 26 heavy (non-hydrogen) atoms. The maximum absolute atomic E-state index is 12.9. The molecule has 0 saturated carbocycles. The number of hydrogen-bond acceptors (Lipinski definition) is 5. The SMILES string of the molecule is O=C(c1ccccc1NCC(O)CO)N1CCN(c2ccccc2)CC1. The second-order valence-electron chi connectivity index (χ2n) is 6.38. The molecule has 1 saturated heterocycles. The van der Waals surface area contributed by atoms with Crippen molar-refractivity contribution in [3.05, 3.63) is 60.2 Å². The first-order valence-electron chi connectivity index (χ1n) is 8.90. The van der Waals surface area contributed by atoms with E-state index in [1.54, 1.807) is 6.07 Å². The smallest absolute Gasteiger partial charge is 0.256 e. The predicted molar refractivity (Wildman–Crippen MR) is 103 cm³/mol. The molecule has 1 aliphatic heterocycles. The van der Waals surface area contributed by atoms with Crippen LogP contribution in [0.1, 0.15) is 10.4 Å². The van der Waals surface area contributed by atoms with Crippen LogP contribution >= 0.6 is 0 Å². The van der Waals surface area contributed by atoms with Crippen LogP contribution in [0.4, 0.5) is 11.4 Å². The number of nitrogens with one attached hydrogen (secondary N) is 1. The van der Waals surface area contributed by atoms with Gasteiger partial charge in [-0.05, 0) is 24.3 Å². The fourth-order valence-electron chi connectivity index (χ4n) is 3.09. The Kier molecular flexibility index (Phi) is 6.09. The standard InChI is InChI=1S/C20H25N3O3/c24-15-17(25)14-21-19-9-5-4-8-18(19)20(26)23-12-10-22(11-13-23)16-6-2-1-3-7-16/h1-9,17,21,24-25H,10-15H2. The predicted octanol–water partition coefficient (Wildman–Crippen LogP) is 1.41. The molecule has 1 aliphatic rings. The Morgan fingerprint density at radius 1 is 1.00 bits per heavy atom. The highest BCUT2D eigenvalue weighted by atomic mass is 16.3. The van der Waals surface area contributed by atoms with Crippen LogP contribution in [0.15, 0.2) is 54.6 Å². The molecule has 2 aromatic rings. The summed E-state index contributed by atoms with van der Waals surface area (Å²) < 4.78 is 0. The van der Waals surface area contributed by atoms with E-state index in [0.717, 1.165) is 13.1 Å². The summed E-state index contributed by atoms with van der Waals surface area (Å²) in [6.45, 7) is 2.82. The highest BCUT2D eigenvalue weighted by molar-refractivity contribution is 5.99. The van der Waals surface area contributed by atoms with Gasteiger partial charge in [-0.25, -0.2) is 0 Å². The van der Waals surface area contributed by atoms with Gasteiger partial charge >= 0.3 is 0 Å². The molecule has 3 N–H and O–H groups in total. The van der Waals surface area contributed by atoms with E-state index in [-0.39, 0.29) is 19.1 Å². The van der Waals surface area contributed by atoms with E-state index in [9.17, 15) is 9.90 Å². The summed E-state index contributed by atoms with van der Waals surface area (Å²) in [5.41, 5.74) is 2.45. The minimum atomic E-state index is -0.854. The van der Waals surface area contributed by atoms with E-state index in [2.05, 4.69) is 22.3 Å². The lowest BCUT2D eigenvalue weighted by Crippen LogP contribution is -2.48. The Labute approximate surface area is 153 Å². The molecule has 1 amide bonds. The van der Waals surface area contributed by atoms with Crippen molar-refractivity contribution in [1.82, 2.24) is 4.90 Å². The van der Waals surface area contributed by atoms with Crippen LogP contribution in [0.2, 0.25) is 0 Å². The number of aliphatic hydroxyl groups excluding tert-OH is 2. The summed E-state index contributed by atoms with van der Waals surface area (Å²) in [5.74, 6) is -0.0145. The van der Waals surface area contributed by atoms with Crippen LogP contribution in [0.5, 0.6) is 0 Å². The first-order chi connectivity index (χ1) is 12.7. The maximum atomic E-state index is 12.9. The molecule has 1 unspecified atom stereocenters. The number of benzene rings is 2. The van der Waals surface area contributed by atoms with Crippen molar-refractivity contribution in [2.45, 2.75) is 6.10 Å². The van der Waals surface area contributed by atoms with E-state index in [0.29, 0.717) is 24.3 Å². The number of hydrogen-bond donors (Lipinski definition) is 3. The third-order valence-corrected chi connectivity index (χ3v) is 4.58. The summed E-state index contributed by atoms with van der Waals surface area (Å²) >= 11 is 0. The molecule has 6 heteroatoms. The largest absolute Gasteiger partial charge is 0.394 e. The molecule has 138 valence electrons. The van der Waals surface area contributed by atoms with Crippen molar-refractivity contribution in [1.29, 1.82) is 0 Å². The number of rotatable bonds is 6. The van der Waals surface area contributed by atoms with Gasteiger partial charge in [0.1, 0.15) is 0 Å². The van der Waals surface area contributed by atoms with Gasteiger partial charge in [0.15, 0.2) is 0 Å². The minimum Gasteiger partial charge on any atom is -0.394 e. The highest BCUT2D eigenvalue weighted by Crippen LogP contribution is 2.20. The van der Waals surface area contributed by atoms with Gasteiger partial charge in [-0.1, -0.05) is 30.3 Å².